The highest BCUT2D eigenvalue weighted by Crippen LogP contribution is 2.68. The number of amides is 1. The van der Waals surface area contributed by atoms with E-state index in [2.05, 4.69) is 40.5 Å². The van der Waals surface area contributed by atoms with E-state index in [0.29, 0.717) is 36.6 Å². The van der Waals surface area contributed by atoms with E-state index in [1.54, 1.807) is 0 Å². The minimum Gasteiger partial charge on any atom is -0.393 e. The molecular formula is C23H32N2O3. The SMILES string of the molecule is O=C(CC1(c2ccccc2)C2CC3CC1C(C2)C3O)NCCN1CCOCC1. The van der Waals surface area contributed by atoms with Gasteiger partial charge in [0.2, 0.25) is 5.91 Å². The molecular weight excluding hydrogens is 352 g/mol. The van der Waals surface area contributed by atoms with Crippen LogP contribution >= 0.6 is 0 Å². The van der Waals surface area contributed by atoms with Crippen molar-refractivity contribution < 1.29 is 14.6 Å². The first-order valence-corrected chi connectivity index (χ1v) is 11.0. The fourth-order valence-corrected chi connectivity index (χ4v) is 6.96. The van der Waals surface area contributed by atoms with Crippen molar-refractivity contribution >= 4 is 5.91 Å². The summed E-state index contributed by atoms with van der Waals surface area (Å²) in [4.78, 5) is 15.4. The van der Waals surface area contributed by atoms with E-state index in [1.165, 1.54) is 5.56 Å². The van der Waals surface area contributed by atoms with Crippen molar-refractivity contribution in [1.82, 2.24) is 10.2 Å². The number of nitrogens with one attached hydrogen (secondary N) is 1. The van der Waals surface area contributed by atoms with E-state index in [4.69, 9.17) is 4.74 Å². The minimum atomic E-state index is -0.156. The number of carbonyl (C=O) groups excluding carboxylic acids is 1. The first-order chi connectivity index (χ1) is 13.7. The minimum absolute atomic E-state index is 0.0943. The molecule has 5 nitrogen and oxygen atoms in total. The Hall–Kier alpha value is -1.43. The zero-order valence-corrected chi connectivity index (χ0v) is 16.6. The summed E-state index contributed by atoms with van der Waals surface area (Å²) in [5.74, 6) is 1.97. The van der Waals surface area contributed by atoms with Crippen LogP contribution in [0.1, 0.15) is 31.2 Å². The number of nitrogens with zero attached hydrogens (tertiary/aromatic N) is 1. The summed E-state index contributed by atoms with van der Waals surface area (Å²) in [6, 6.07) is 10.7. The zero-order valence-electron chi connectivity index (χ0n) is 16.6. The standard InChI is InChI=1S/C23H32N2O3/c26-21(24-6-7-25-8-10-28-11-9-25)15-23(17-4-2-1-3-5-17)18-12-16-13-20(23)19(14-18)22(16)27/h1-5,16,18-20,22,27H,6-15H2,(H,24,26). The second-order valence-corrected chi connectivity index (χ2v) is 9.31. The second-order valence-electron chi connectivity index (χ2n) is 9.31. The zero-order chi connectivity index (χ0) is 19.1. The van der Waals surface area contributed by atoms with Crippen molar-refractivity contribution in [3.63, 3.8) is 0 Å². The molecule has 6 unspecified atom stereocenters. The number of ether oxygens (including phenoxy) is 1. The molecule has 1 aromatic carbocycles. The Morgan fingerprint density at radius 1 is 1.18 bits per heavy atom. The van der Waals surface area contributed by atoms with E-state index in [0.717, 1.165) is 52.1 Å². The fourth-order valence-electron chi connectivity index (χ4n) is 6.96. The van der Waals surface area contributed by atoms with Gasteiger partial charge < -0.3 is 15.2 Å². The molecule has 0 radical (unpaired) electrons. The second kappa shape index (κ2) is 7.43. The predicted molar refractivity (Wildman–Crippen MR) is 107 cm³/mol. The van der Waals surface area contributed by atoms with Gasteiger partial charge in [0.25, 0.3) is 0 Å². The molecule has 4 bridgehead atoms. The van der Waals surface area contributed by atoms with Gasteiger partial charge in [-0.2, -0.15) is 0 Å². The number of benzene rings is 1. The van der Waals surface area contributed by atoms with Crippen LogP contribution in [0.4, 0.5) is 0 Å². The Morgan fingerprint density at radius 3 is 2.75 bits per heavy atom. The maximum Gasteiger partial charge on any atom is 0.220 e. The van der Waals surface area contributed by atoms with Gasteiger partial charge in [0.15, 0.2) is 0 Å². The number of morpholine rings is 1. The van der Waals surface area contributed by atoms with E-state index in [9.17, 15) is 9.90 Å². The highest BCUT2D eigenvalue weighted by atomic mass is 16.5. The first kappa shape index (κ1) is 18.6. The third-order valence-corrected chi connectivity index (χ3v) is 8.15. The average Bonchev–Trinajstić information content (AvgIpc) is 3.05. The van der Waals surface area contributed by atoms with E-state index < -0.39 is 0 Å². The summed E-state index contributed by atoms with van der Waals surface area (Å²) in [6.45, 7) is 5.08. The molecule has 4 saturated carbocycles. The van der Waals surface area contributed by atoms with Gasteiger partial charge >= 0.3 is 0 Å². The number of hydrogen-bond donors (Lipinski definition) is 2. The van der Waals surface area contributed by atoms with E-state index >= 15 is 0 Å². The number of aliphatic hydroxyl groups excluding tert-OH is 1. The lowest BCUT2D eigenvalue weighted by molar-refractivity contribution is -0.123. The highest BCUT2D eigenvalue weighted by molar-refractivity contribution is 5.78. The summed E-state index contributed by atoms with van der Waals surface area (Å²) in [7, 11) is 0. The van der Waals surface area contributed by atoms with Crippen LogP contribution in [0.3, 0.4) is 0 Å². The number of hydrogen-bond acceptors (Lipinski definition) is 4. The van der Waals surface area contributed by atoms with Gasteiger partial charge in [-0.1, -0.05) is 30.3 Å². The molecule has 1 heterocycles. The molecule has 28 heavy (non-hydrogen) atoms. The van der Waals surface area contributed by atoms with Gasteiger partial charge in [0.05, 0.1) is 19.3 Å². The molecule has 4 aliphatic carbocycles. The molecule has 5 heteroatoms. The smallest absolute Gasteiger partial charge is 0.220 e. The van der Waals surface area contributed by atoms with Crippen molar-refractivity contribution in [2.45, 2.75) is 37.2 Å². The van der Waals surface area contributed by atoms with Crippen LogP contribution in [0.25, 0.3) is 0 Å². The first-order valence-electron chi connectivity index (χ1n) is 11.0. The van der Waals surface area contributed by atoms with E-state index in [1.807, 2.05) is 0 Å². The van der Waals surface area contributed by atoms with Gasteiger partial charge in [-0.3, -0.25) is 9.69 Å². The quantitative estimate of drug-likeness (QED) is 0.785. The summed E-state index contributed by atoms with van der Waals surface area (Å²) >= 11 is 0. The molecule has 1 aliphatic heterocycles. The fraction of sp³-hybridized carbons (Fsp3) is 0.696. The van der Waals surface area contributed by atoms with Crippen molar-refractivity contribution in [2.75, 3.05) is 39.4 Å². The van der Waals surface area contributed by atoms with Crippen molar-refractivity contribution in [2.24, 2.45) is 23.7 Å². The van der Waals surface area contributed by atoms with Crippen molar-refractivity contribution in [3.05, 3.63) is 35.9 Å². The summed E-state index contributed by atoms with van der Waals surface area (Å²) in [6.07, 6.45) is 3.64. The average molecular weight is 385 g/mol. The maximum atomic E-state index is 13.0. The molecule has 152 valence electrons. The van der Waals surface area contributed by atoms with Gasteiger partial charge in [-0.05, 0) is 48.5 Å². The molecule has 5 aliphatic rings. The molecule has 0 spiro atoms. The Kier molecular flexibility index (Phi) is 4.93. The third kappa shape index (κ3) is 2.99. The summed E-state index contributed by atoms with van der Waals surface area (Å²) in [5.41, 5.74) is 1.21. The van der Waals surface area contributed by atoms with Crippen LogP contribution in [-0.4, -0.2) is 61.4 Å². The highest BCUT2D eigenvalue weighted by Gasteiger charge is 2.66. The third-order valence-electron chi connectivity index (χ3n) is 8.15. The van der Waals surface area contributed by atoms with Gasteiger partial charge in [-0.25, -0.2) is 0 Å². The number of rotatable bonds is 6. The number of carbonyl (C=O) groups is 1. The van der Waals surface area contributed by atoms with Crippen molar-refractivity contribution in [1.29, 1.82) is 0 Å². The van der Waals surface area contributed by atoms with Crippen LogP contribution in [-0.2, 0) is 14.9 Å². The predicted octanol–water partition coefficient (Wildman–Crippen LogP) is 1.80. The molecule has 0 aromatic heterocycles. The normalized spacial score (nSPS) is 39.4. The van der Waals surface area contributed by atoms with Gasteiger partial charge in [-0.15, -0.1) is 0 Å². The Bertz CT molecular complexity index is 701. The van der Waals surface area contributed by atoms with Crippen molar-refractivity contribution in [3.8, 4) is 0 Å². The van der Waals surface area contributed by atoms with Crippen LogP contribution < -0.4 is 5.32 Å². The molecule has 1 amide bonds. The molecule has 1 saturated heterocycles. The topological polar surface area (TPSA) is 61.8 Å². The van der Waals surface area contributed by atoms with Crippen LogP contribution in [0, 0.1) is 23.7 Å². The molecule has 6 atom stereocenters. The molecule has 6 rings (SSSR count). The lowest BCUT2D eigenvalue weighted by Gasteiger charge is -2.45. The lowest BCUT2D eigenvalue weighted by atomic mass is 9.59. The Labute approximate surface area is 167 Å². The van der Waals surface area contributed by atoms with E-state index in [-0.39, 0.29) is 17.4 Å². The maximum absolute atomic E-state index is 13.0. The van der Waals surface area contributed by atoms with Gasteiger partial charge in [0, 0.05) is 38.0 Å². The number of aliphatic hydroxyl groups is 1. The molecule has 1 aromatic rings. The van der Waals surface area contributed by atoms with Crippen LogP contribution in [0.15, 0.2) is 30.3 Å². The van der Waals surface area contributed by atoms with Crippen LogP contribution in [0.2, 0.25) is 0 Å². The van der Waals surface area contributed by atoms with Gasteiger partial charge in [0.1, 0.15) is 0 Å². The summed E-state index contributed by atoms with van der Waals surface area (Å²) in [5, 5.41) is 13.9. The largest absolute Gasteiger partial charge is 0.393 e. The summed E-state index contributed by atoms with van der Waals surface area (Å²) < 4.78 is 5.39. The Morgan fingerprint density at radius 2 is 1.96 bits per heavy atom. The molecule has 2 N–H and O–H groups in total. The molecule has 5 fully saturated rings. The monoisotopic (exact) mass is 384 g/mol. The lowest BCUT2D eigenvalue weighted by Crippen LogP contribution is -2.46. The Balaban J connectivity index is 1.30. The van der Waals surface area contributed by atoms with Crippen LogP contribution in [0.5, 0.6) is 0 Å².